The van der Waals surface area contributed by atoms with Crippen LogP contribution in [0.5, 0.6) is 5.88 Å². The van der Waals surface area contributed by atoms with Crippen LogP contribution >= 0.6 is 7.82 Å². The molecule has 0 fully saturated rings. The van der Waals surface area contributed by atoms with Crippen LogP contribution in [0.4, 0.5) is 21.7 Å². The fraction of sp³-hybridized carbons (Fsp3) is 0.296. The van der Waals surface area contributed by atoms with Crippen molar-refractivity contribution in [3.8, 4) is 17.7 Å². The van der Waals surface area contributed by atoms with Crippen LogP contribution in [0.15, 0.2) is 54.9 Å². The van der Waals surface area contributed by atoms with Gasteiger partial charge in [0.15, 0.2) is 6.23 Å². The normalized spacial score (nSPS) is 12.1. The highest BCUT2D eigenvalue weighted by Gasteiger charge is 2.14. The maximum Gasteiger partial charge on any atom is 0.469 e. The average Bonchev–Trinajstić information content (AvgIpc) is 3.35. The van der Waals surface area contributed by atoms with Gasteiger partial charge < -0.3 is 30.1 Å². The van der Waals surface area contributed by atoms with E-state index in [1.807, 2.05) is 30.0 Å². The first-order chi connectivity index (χ1) is 19.7. The number of aromatic nitrogens is 4. The number of anilines is 3. The van der Waals surface area contributed by atoms with Crippen molar-refractivity contribution < 1.29 is 28.0 Å². The largest absolute Gasteiger partial charge is 0.469 e. The molecule has 1 unspecified atom stereocenters. The molecule has 2 heterocycles. The number of phosphoric ester groups is 1. The van der Waals surface area contributed by atoms with Crippen LogP contribution in [0.25, 0.3) is 10.9 Å². The van der Waals surface area contributed by atoms with Crippen molar-refractivity contribution in [1.82, 2.24) is 25.1 Å². The third-order valence-corrected chi connectivity index (χ3v) is 6.35. The van der Waals surface area contributed by atoms with E-state index >= 15 is 0 Å². The number of nitrogens with zero attached hydrogens (tertiary/aromatic N) is 4. The summed E-state index contributed by atoms with van der Waals surface area (Å²) in [5, 5.41) is 14.1. The van der Waals surface area contributed by atoms with Gasteiger partial charge >= 0.3 is 7.82 Å². The van der Waals surface area contributed by atoms with Crippen molar-refractivity contribution in [2.45, 2.75) is 26.5 Å². The van der Waals surface area contributed by atoms with Gasteiger partial charge in [-0.25, -0.2) is 18.9 Å². The van der Waals surface area contributed by atoms with Gasteiger partial charge in [0.1, 0.15) is 23.8 Å². The quantitative estimate of drug-likeness (QED) is 0.0871. The van der Waals surface area contributed by atoms with E-state index in [-0.39, 0.29) is 12.4 Å². The topological polar surface area (TPSA) is 158 Å². The lowest BCUT2D eigenvalue weighted by molar-refractivity contribution is 0.165. The van der Waals surface area contributed by atoms with Crippen molar-refractivity contribution in [3.05, 3.63) is 66.2 Å². The van der Waals surface area contributed by atoms with Crippen LogP contribution in [0, 0.1) is 17.7 Å². The molecule has 0 radical (unpaired) electrons. The molecule has 0 saturated carbocycles. The zero-order valence-corrected chi connectivity index (χ0v) is 23.4. The zero-order valence-electron chi connectivity index (χ0n) is 22.5. The Bertz CT molecular complexity index is 1570. The smallest absolute Gasteiger partial charge is 0.453 e. The molecule has 0 aliphatic carbocycles. The maximum atomic E-state index is 13.4. The Hall–Kier alpha value is -4.05. The summed E-state index contributed by atoms with van der Waals surface area (Å²) in [6, 6.07) is 13.5. The molecule has 0 aliphatic rings. The minimum Gasteiger partial charge on any atom is -0.453 e. The predicted molar refractivity (Wildman–Crippen MR) is 153 cm³/mol. The van der Waals surface area contributed by atoms with Crippen molar-refractivity contribution in [2.24, 2.45) is 0 Å². The first kappa shape index (κ1) is 29.9. The number of hydrogen-bond acceptors (Lipinski definition) is 9. The molecule has 41 heavy (non-hydrogen) atoms. The van der Waals surface area contributed by atoms with Crippen LogP contribution in [0.2, 0.25) is 0 Å². The van der Waals surface area contributed by atoms with Gasteiger partial charge in [-0.15, -0.1) is 5.10 Å². The molecule has 2 aromatic heterocycles. The SMILES string of the molecule is CCN(CCC#Cc1ccc2c(Nc3cc(OC(C)Nc4cccc(F)c4)n[nH]3)ncnc2c1)CCOP(=O)(O)O. The van der Waals surface area contributed by atoms with Crippen molar-refractivity contribution in [2.75, 3.05) is 36.9 Å². The number of halogens is 1. The Morgan fingerprint density at radius 1 is 1.17 bits per heavy atom. The summed E-state index contributed by atoms with van der Waals surface area (Å²) in [5.41, 5.74) is 2.10. The van der Waals surface area contributed by atoms with Gasteiger partial charge in [0.2, 0.25) is 5.88 Å². The van der Waals surface area contributed by atoms with Gasteiger partial charge in [0, 0.05) is 42.2 Å². The van der Waals surface area contributed by atoms with E-state index < -0.39 is 14.1 Å². The molecule has 0 aliphatic heterocycles. The summed E-state index contributed by atoms with van der Waals surface area (Å²) in [4.78, 5) is 28.3. The third kappa shape index (κ3) is 9.53. The number of fused-ring (bicyclic) bond motifs is 1. The number of benzene rings is 2. The Labute approximate surface area is 236 Å². The number of phosphoric acid groups is 1. The van der Waals surface area contributed by atoms with Gasteiger partial charge in [0.25, 0.3) is 0 Å². The third-order valence-electron chi connectivity index (χ3n) is 5.84. The summed E-state index contributed by atoms with van der Waals surface area (Å²) in [6.07, 6.45) is 1.58. The van der Waals surface area contributed by atoms with E-state index in [9.17, 15) is 8.96 Å². The van der Waals surface area contributed by atoms with Crippen molar-refractivity contribution in [1.29, 1.82) is 0 Å². The van der Waals surface area contributed by atoms with Gasteiger partial charge in [0.05, 0.1) is 12.1 Å². The summed E-state index contributed by atoms with van der Waals surface area (Å²) in [5.74, 6) is 7.41. The second-order valence-electron chi connectivity index (χ2n) is 8.92. The summed E-state index contributed by atoms with van der Waals surface area (Å²) >= 11 is 0. The van der Waals surface area contributed by atoms with E-state index in [0.717, 1.165) is 10.9 Å². The lowest BCUT2D eigenvalue weighted by Crippen LogP contribution is -2.28. The van der Waals surface area contributed by atoms with Gasteiger partial charge in [-0.2, -0.15) is 0 Å². The van der Waals surface area contributed by atoms with Gasteiger partial charge in [-0.1, -0.05) is 24.8 Å². The number of hydrogen-bond donors (Lipinski definition) is 5. The zero-order chi connectivity index (χ0) is 29.2. The molecule has 2 aromatic carbocycles. The lowest BCUT2D eigenvalue weighted by atomic mass is 10.1. The number of nitrogens with one attached hydrogen (secondary N) is 3. The number of likely N-dealkylation sites (N-methyl/N-ethyl adjacent to an activating group) is 1. The number of rotatable bonds is 13. The second-order valence-corrected chi connectivity index (χ2v) is 10.2. The molecular formula is C27H31FN7O5P. The molecule has 0 saturated heterocycles. The van der Waals surface area contributed by atoms with Crippen LogP contribution < -0.4 is 15.4 Å². The first-order valence-corrected chi connectivity index (χ1v) is 14.4. The Balaban J connectivity index is 1.33. The molecule has 0 bridgehead atoms. The molecule has 12 nitrogen and oxygen atoms in total. The molecule has 1 atom stereocenters. The summed E-state index contributed by atoms with van der Waals surface area (Å²) < 4.78 is 34.5. The average molecular weight is 584 g/mol. The van der Waals surface area contributed by atoms with Crippen molar-refractivity contribution >= 4 is 36.0 Å². The molecule has 4 rings (SSSR count). The fourth-order valence-electron chi connectivity index (χ4n) is 3.91. The van der Waals surface area contributed by atoms with Crippen LogP contribution in [-0.2, 0) is 9.09 Å². The predicted octanol–water partition coefficient (Wildman–Crippen LogP) is 4.25. The Morgan fingerprint density at radius 2 is 2.02 bits per heavy atom. The number of ether oxygens (including phenoxy) is 1. The fourth-order valence-corrected chi connectivity index (χ4v) is 4.23. The van der Waals surface area contributed by atoms with Crippen LogP contribution in [-0.4, -0.2) is 67.3 Å². The van der Waals surface area contributed by atoms with E-state index in [0.29, 0.717) is 54.8 Å². The highest BCUT2D eigenvalue weighted by molar-refractivity contribution is 7.46. The number of H-pyrrole nitrogens is 1. The summed E-state index contributed by atoms with van der Waals surface area (Å²) in [7, 11) is -4.46. The van der Waals surface area contributed by atoms with Crippen LogP contribution in [0.1, 0.15) is 25.8 Å². The molecule has 0 amide bonds. The van der Waals surface area contributed by atoms with Crippen LogP contribution in [0.3, 0.4) is 0 Å². The molecule has 5 N–H and O–H groups in total. The van der Waals surface area contributed by atoms with E-state index in [2.05, 4.69) is 47.2 Å². The minimum atomic E-state index is -4.46. The van der Waals surface area contributed by atoms with E-state index in [4.69, 9.17) is 14.5 Å². The first-order valence-electron chi connectivity index (χ1n) is 12.9. The van der Waals surface area contributed by atoms with Gasteiger partial charge in [-0.3, -0.25) is 9.62 Å². The number of aromatic amines is 1. The lowest BCUT2D eigenvalue weighted by Gasteiger charge is -2.18. The molecule has 4 aromatic rings. The van der Waals surface area contributed by atoms with Crippen molar-refractivity contribution in [3.63, 3.8) is 0 Å². The highest BCUT2D eigenvalue weighted by Crippen LogP contribution is 2.35. The van der Waals surface area contributed by atoms with E-state index in [1.165, 1.54) is 18.5 Å². The Kier molecular flexibility index (Phi) is 10.2. The molecule has 0 spiro atoms. The monoisotopic (exact) mass is 583 g/mol. The molecular weight excluding hydrogens is 552 g/mol. The second kappa shape index (κ2) is 14.0. The van der Waals surface area contributed by atoms with Gasteiger partial charge in [-0.05, 0) is 49.9 Å². The maximum absolute atomic E-state index is 13.4. The van der Waals surface area contributed by atoms with E-state index in [1.54, 1.807) is 25.1 Å². The molecule has 216 valence electrons. The molecule has 14 heteroatoms. The standard InChI is InChI=1S/C27H31FN7O5P/c1-3-35(13-14-39-41(36,37)38)12-5-4-7-20-10-11-23-24(15-20)29-18-30-27(23)32-25-17-26(34-33-25)40-19(2)31-22-9-6-8-21(28)16-22/h6,8-11,15-19,31H,3,5,12-14H2,1-2H3,(H2,36,37,38)(H2,29,30,32,33,34). The Morgan fingerprint density at radius 3 is 2.80 bits per heavy atom. The summed E-state index contributed by atoms with van der Waals surface area (Å²) in [6.45, 7) is 5.46. The highest BCUT2D eigenvalue weighted by atomic mass is 31.2. The minimum absolute atomic E-state index is 0.0495.